The van der Waals surface area contributed by atoms with E-state index in [2.05, 4.69) is 17.4 Å². The molecule has 0 radical (unpaired) electrons. The van der Waals surface area contributed by atoms with Crippen molar-refractivity contribution in [2.24, 2.45) is 5.92 Å². The van der Waals surface area contributed by atoms with Crippen LogP contribution < -0.4 is 5.32 Å². The Morgan fingerprint density at radius 2 is 2.05 bits per heavy atom. The molecule has 1 amide bonds. The molecule has 0 aromatic heterocycles. The number of benzene rings is 1. The number of amides is 1. The molecule has 0 heterocycles. The number of carbonyl (C=O) groups is 1. The number of nitrogens with one attached hydrogen (secondary N) is 1. The van der Waals surface area contributed by atoms with E-state index in [-0.39, 0.29) is 35.8 Å². The molecule has 0 saturated carbocycles. The summed E-state index contributed by atoms with van der Waals surface area (Å²) in [6.45, 7) is 3.98. The number of aryl methyl sites for hydroxylation is 1. The van der Waals surface area contributed by atoms with Gasteiger partial charge in [-0.25, -0.2) is 8.42 Å². The van der Waals surface area contributed by atoms with Gasteiger partial charge in [-0.2, -0.15) is 0 Å². The Labute approximate surface area is 133 Å². The van der Waals surface area contributed by atoms with Crippen LogP contribution in [0.25, 0.3) is 0 Å². The molecule has 122 valence electrons. The minimum Gasteiger partial charge on any atom is -0.355 e. The molecule has 1 aliphatic carbocycles. The van der Waals surface area contributed by atoms with Crippen LogP contribution in [-0.2, 0) is 21.1 Å². The van der Waals surface area contributed by atoms with E-state index >= 15 is 0 Å². The van der Waals surface area contributed by atoms with Gasteiger partial charge in [-0.1, -0.05) is 38.1 Å². The summed E-state index contributed by atoms with van der Waals surface area (Å²) in [5, 5.41) is 2.75. The molecule has 4 nitrogen and oxygen atoms in total. The van der Waals surface area contributed by atoms with E-state index in [1.165, 1.54) is 11.1 Å². The molecule has 0 bridgehead atoms. The van der Waals surface area contributed by atoms with Gasteiger partial charge >= 0.3 is 0 Å². The lowest BCUT2D eigenvalue weighted by Crippen LogP contribution is -2.31. The van der Waals surface area contributed by atoms with Crippen LogP contribution in [0.4, 0.5) is 0 Å². The van der Waals surface area contributed by atoms with Crippen molar-refractivity contribution in [3.63, 3.8) is 0 Å². The van der Waals surface area contributed by atoms with E-state index in [0.29, 0.717) is 6.42 Å². The Bertz CT molecular complexity index is 623. The molecule has 0 saturated heterocycles. The van der Waals surface area contributed by atoms with Crippen molar-refractivity contribution in [1.82, 2.24) is 5.32 Å². The molecule has 1 atom stereocenters. The third kappa shape index (κ3) is 4.83. The first-order chi connectivity index (χ1) is 10.4. The number of fused-ring (bicyclic) bond motifs is 1. The van der Waals surface area contributed by atoms with E-state index in [0.717, 1.165) is 12.8 Å². The van der Waals surface area contributed by atoms with Crippen molar-refractivity contribution in [3.8, 4) is 0 Å². The fraction of sp³-hybridized carbons (Fsp3) is 0.588. The van der Waals surface area contributed by atoms with Crippen LogP contribution in [0.2, 0.25) is 0 Å². The molecular weight excluding hydrogens is 298 g/mol. The topological polar surface area (TPSA) is 63.2 Å². The number of sulfone groups is 1. The zero-order valence-corrected chi connectivity index (χ0v) is 14.2. The van der Waals surface area contributed by atoms with Crippen LogP contribution in [-0.4, -0.2) is 32.4 Å². The normalized spacial score (nSPS) is 17.5. The van der Waals surface area contributed by atoms with Crippen LogP contribution in [0.15, 0.2) is 24.3 Å². The number of hydrogen-bond acceptors (Lipinski definition) is 3. The summed E-state index contributed by atoms with van der Waals surface area (Å²) in [7, 11) is -3.07. The molecule has 5 heteroatoms. The van der Waals surface area contributed by atoms with Gasteiger partial charge in [0.05, 0.1) is 11.5 Å². The molecule has 0 spiro atoms. The summed E-state index contributed by atoms with van der Waals surface area (Å²) in [5.41, 5.74) is 2.60. The average molecular weight is 323 g/mol. The summed E-state index contributed by atoms with van der Waals surface area (Å²) in [6, 6.07) is 8.24. The fourth-order valence-electron chi connectivity index (χ4n) is 3.09. The maximum absolute atomic E-state index is 12.0. The van der Waals surface area contributed by atoms with Crippen LogP contribution in [0.3, 0.4) is 0 Å². The van der Waals surface area contributed by atoms with Gasteiger partial charge in [0.2, 0.25) is 5.91 Å². The fourth-order valence-corrected chi connectivity index (χ4v) is 4.69. The van der Waals surface area contributed by atoms with E-state index in [1.54, 1.807) is 0 Å². The SMILES string of the molecule is CC(C)CS(=O)(=O)CCNC(=O)CC1CCc2ccccc21. The highest BCUT2D eigenvalue weighted by Crippen LogP contribution is 2.34. The molecular formula is C17H25NO3S. The molecule has 2 rings (SSSR count). The van der Waals surface area contributed by atoms with Crippen molar-refractivity contribution in [1.29, 1.82) is 0 Å². The maximum Gasteiger partial charge on any atom is 0.220 e. The van der Waals surface area contributed by atoms with E-state index in [1.807, 2.05) is 26.0 Å². The van der Waals surface area contributed by atoms with Gasteiger partial charge in [0, 0.05) is 13.0 Å². The van der Waals surface area contributed by atoms with Gasteiger partial charge in [0.1, 0.15) is 0 Å². The summed E-state index contributed by atoms with van der Waals surface area (Å²) in [4.78, 5) is 12.0. The Morgan fingerprint density at radius 1 is 1.32 bits per heavy atom. The molecule has 22 heavy (non-hydrogen) atoms. The first kappa shape index (κ1) is 17.0. The first-order valence-corrected chi connectivity index (χ1v) is 9.74. The summed E-state index contributed by atoms with van der Waals surface area (Å²) in [5.74, 6) is 0.539. The smallest absolute Gasteiger partial charge is 0.220 e. The van der Waals surface area contributed by atoms with Gasteiger partial charge in [-0.15, -0.1) is 0 Å². The van der Waals surface area contributed by atoms with Crippen molar-refractivity contribution >= 4 is 15.7 Å². The van der Waals surface area contributed by atoms with Gasteiger partial charge in [-0.05, 0) is 35.8 Å². The highest BCUT2D eigenvalue weighted by molar-refractivity contribution is 7.91. The summed E-state index contributed by atoms with van der Waals surface area (Å²) in [6.07, 6.45) is 2.47. The zero-order chi connectivity index (χ0) is 16.2. The Balaban J connectivity index is 1.78. The monoisotopic (exact) mass is 323 g/mol. The molecule has 1 aromatic carbocycles. The van der Waals surface area contributed by atoms with Gasteiger partial charge in [0.25, 0.3) is 0 Å². The second-order valence-electron chi connectivity index (χ2n) is 6.50. The quantitative estimate of drug-likeness (QED) is 0.837. The van der Waals surface area contributed by atoms with E-state index in [4.69, 9.17) is 0 Å². The second-order valence-corrected chi connectivity index (χ2v) is 8.73. The lowest BCUT2D eigenvalue weighted by Gasteiger charge is -2.12. The lowest BCUT2D eigenvalue weighted by molar-refractivity contribution is -0.121. The standard InChI is InChI=1S/C17H25NO3S/c1-13(2)12-22(20,21)10-9-18-17(19)11-15-8-7-14-5-3-4-6-16(14)15/h3-6,13,15H,7-12H2,1-2H3,(H,18,19). The molecule has 1 aromatic rings. The Kier molecular flexibility index (Phi) is 5.62. The highest BCUT2D eigenvalue weighted by Gasteiger charge is 2.24. The Hall–Kier alpha value is -1.36. The van der Waals surface area contributed by atoms with Crippen molar-refractivity contribution < 1.29 is 13.2 Å². The average Bonchev–Trinajstić information content (AvgIpc) is 2.80. The Morgan fingerprint density at radius 3 is 2.77 bits per heavy atom. The third-order valence-corrected chi connectivity index (χ3v) is 6.01. The van der Waals surface area contributed by atoms with E-state index < -0.39 is 9.84 Å². The van der Waals surface area contributed by atoms with Crippen LogP contribution in [0.5, 0.6) is 0 Å². The van der Waals surface area contributed by atoms with Crippen LogP contribution in [0.1, 0.15) is 43.7 Å². The van der Waals surface area contributed by atoms with Gasteiger partial charge < -0.3 is 5.32 Å². The van der Waals surface area contributed by atoms with Crippen molar-refractivity contribution in [2.75, 3.05) is 18.1 Å². The predicted molar refractivity (Wildman–Crippen MR) is 88.6 cm³/mol. The second kappa shape index (κ2) is 7.27. The number of hydrogen-bond donors (Lipinski definition) is 1. The van der Waals surface area contributed by atoms with E-state index in [9.17, 15) is 13.2 Å². The van der Waals surface area contributed by atoms with Crippen molar-refractivity contribution in [3.05, 3.63) is 35.4 Å². The molecule has 0 aliphatic heterocycles. The molecule has 0 fully saturated rings. The lowest BCUT2D eigenvalue weighted by atomic mass is 9.97. The zero-order valence-electron chi connectivity index (χ0n) is 13.3. The minimum absolute atomic E-state index is 0.0260. The third-order valence-electron chi connectivity index (χ3n) is 4.01. The maximum atomic E-state index is 12.0. The number of carbonyl (C=O) groups excluding carboxylic acids is 1. The number of rotatable bonds is 7. The highest BCUT2D eigenvalue weighted by atomic mass is 32.2. The minimum atomic E-state index is -3.07. The summed E-state index contributed by atoms with van der Waals surface area (Å²) < 4.78 is 23.6. The predicted octanol–water partition coefficient (Wildman–Crippen LogP) is 2.29. The summed E-state index contributed by atoms with van der Waals surface area (Å²) >= 11 is 0. The van der Waals surface area contributed by atoms with Crippen LogP contribution >= 0.6 is 0 Å². The van der Waals surface area contributed by atoms with Gasteiger partial charge in [-0.3, -0.25) is 4.79 Å². The first-order valence-electron chi connectivity index (χ1n) is 7.92. The molecule has 1 N–H and O–H groups in total. The van der Waals surface area contributed by atoms with Crippen molar-refractivity contribution in [2.45, 2.75) is 39.0 Å². The molecule has 1 unspecified atom stereocenters. The molecule has 1 aliphatic rings. The van der Waals surface area contributed by atoms with Gasteiger partial charge in [0.15, 0.2) is 9.84 Å². The van der Waals surface area contributed by atoms with Crippen LogP contribution in [0, 0.1) is 5.92 Å². The largest absolute Gasteiger partial charge is 0.355 e.